The molecule has 0 bridgehead atoms. The summed E-state index contributed by atoms with van der Waals surface area (Å²) >= 11 is 1.48. The molecule has 4 aromatic heterocycles. The van der Waals surface area contributed by atoms with Crippen LogP contribution in [0.2, 0.25) is 0 Å². The lowest BCUT2D eigenvalue weighted by molar-refractivity contribution is -0.117. The molecule has 1 saturated heterocycles. The lowest BCUT2D eigenvalue weighted by atomic mass is 10.0. The van der Waals surface area contributed by atoms with Gasteiger partial charge in [0.15, 0.2) is 0 Å². The van der Waals surface area contributed by atoms with Crippen molar-refractivity contribution in [2.24, 2.45) is 13.0 Å². The average Bonchev–Trinajstić information content (AvgIpc) is 3.60. The lowest BCUT2D eigenvalue weighted by Gasteiger charge is -2.20. The number of rotatable bonds is 7. The molecule has 1 aliphatic rings. The molecule has 0 radical (unpaired) electrons. The summed E-state index contributed by atoms with van der Waals surface area (Å²) in [5.41, 5.74) is 3.22. The largest absolute Gasteiger partial charge is 0.325 e. The van der Waals surface area contributed by atoms with Gasteiger partial charge in [0.25, 0.3) is 5.91 Å². The van der Waals surface area contributed by atoms with Gasteiger partial charge in [0.2, 0.25) is 5.91 Å². The number of anilines is 2. The third kappa shape index (κ3) is 5.02. The van der Waals surface area contributed by atoms with Gasteiger partial charge in [-0.05, 0) is 45.7 Å². The Morgan fingerprint density at radius 2 is 2.00 bits per heavy atom. The summed E-state index contributed by atoms with van der Waals surface area (Å²) in [5.74, 6) is 0.0446. The quantitative estimate of drug-likeness (QED) is 0.395. The monoisotopic (exact) mass is 506 g/mol. The Balaban J connectivity index is 1.26. The van der Waals surface area contributed by atoms with Crippen LogP contribution in [0.1, 0.15) is 42.7 Å². The van der Waals surface area contributed by atoms with Crippen LogP contribution in [0.3, 0.4) is 0 Å². The fourth-order valence-corrected chi connectivity index (χ4v) is 5.55. The van der Waals surface area contributed by atoms with Gasteiger partial charge >= 0.3 is 0 Å². The zero-order valence-corrected chi connectivity index (χ0v) is 21.7. The second kappa shape index (κ2) is 9.82. The van der Waals surface area contributed by atoms with E-state index in [0.717, 1.165) is 34.8 Å². The zero-order chi connectivity index (χ0) is 25.4. The van der Waals surface area contributed by atoms with Gasteiger partial charge in [0, 0.05) is 44.0 Å². The van der Waals surface area contributed by atoms with E-state index in [2.05, 4.69) is 44.6 Å². The Kier molecular flexibility index (Phi) is 6.59. The highest BCUT2D eigenvalue weighted by Crippen LogP contribution is 2.31. The maximum absolute atomic E-state index is 13.1. The van der Waals surface area contributed by atoms with Crippen LogP contribution in [0.15, 0.2) is 37.1 Å². The summed E-state index contributed by atoms with van der Waals surface area (Å²) in [6, 6.07) is 2.25. The van der Waals surface area contributed by atoms with Crippen LogP contribution in [0.4, 0.5) is 11.4 Å². The van der Waals surface area contributed by atoms with Crippen LogP contribution in [-0.2, 0) is 11.8 Å². The number of aryl methyl sites for hydroxylation is 2. The third-order valence-corrected chi connectivity index (χ3v) is 7.73. The van der Waals surface area contributed by atoms with Crippen LogP contribution in [-0.4, -0.2) is 60.2 Å². The molecule has 1 atom stereocenters. The second-order valence-corrected chi connectivity index (χ2v) is 10.6. The number of nitrogens with zero attached hydrogens (tertiary/aromatic N) is 6. The summed E-state index contributed by atoms with van der Waals surface area (Å²) in [5, 5.41) is 14.4. The Morgan fingerprint density at radius 3 is 2.72 bits per heavy atom. The highest BCUT2D eigenvalue weighted by Gasteiger charge is 2.26. The van der Waals surface area contributed by atoms with Crippen molar-refractivity contribution in [3.05, 3.63) is 48.3 Å². The van der Waals surface area contributed by atoms with Gasteiger partial charge in [0.05, 0.1) is 46.1 Å². The van der Waals surface area contributed by atoms with E-state index < -0.39 is 0 Å². The first-order valence-corrected chi connectivity index (χ1v) is 12.9. The molecule has 4 aromatic rings. The summed E-state index contributed by atoms with van der Waals surface area (Å²) in [6.07, 6.45) is 10.3. The summed E-state index contributed by atoms with van der Waals surface area (Å²) in [7, 11) is 1.86. The molecule has 10 nitrogen and oxygen atoms in total. The minimum atomic E-state index is -0.280. The predicted molar refractivity (Wildman–Crippen MR) is 140 cm³/mol. The number of thiazole rings is 1. The predicted octanol–water partition coefficient (Wildman–Crippen LogP) is 3.81. The molecule has 1 fully saturated rings. The van der Waals surface area contributed by atoms with Gasteiger partial charge < -0.3 is 15.5 Å². The van der Waals surface area contributed by atoms with E-state index in [4.69, 9.17) is 0 Å². The van der Waals surface area contributed by atoms with Crippen LogP contribution >= 0.6 is 11.3 Å². The molecule has 5 rings (SSSR count). The standard InChI is InChI=1S/C25H30N8O2S/c1-15(2)32-6-5-17(12-32)7-23(34)29-19-8-21(16(3)26-10-19)30-24(35)20-11-28-33-14-22(36-25(20)33)18-9-27-31(4)13-18/h8-11,13-15,17H,5-7,12H2,1-4H3,(H,29,34)(H,30,35)/t17-/m0/s1. The minimum Gasteiger partial charge on any atom is -0.325 e. The van der Waals surface area contributed by atoms with Crippen LogP contribution in [0.25, 0.3) is 15.3 Å². The Bertz CT molecular complexity index is 1420. The van der Waals surface area contributed by atoms with Crippen molar-refractivity contribution in [3.8, 4) is 10.4 Å². The van der Waals surface area contributed by atoms with E-state index >= 15 is 0 Å². The third-order valence-electron chi connectivity index (χ3n) is 6.57. The number of pyridine rings is 1. The molecule has 11 heteroatoms. The van der Waals surface area contributed by atoms with Gasteiger partial charge in [-0.1, -0.05) is 0 Å². The molecule has 0 aromatic carbocycles. The number of amides is 2. The summed E-state index contributed by atoms with van der Waals surface area (Å²) < 4.78 is 3.44. The van der Waals surface area contributed by atoms with Crippen molar-refractivity contribution in [1.82, 2.24) is 29.3 Å². The summed E-state index contributed by atoms with van der Waals surface area (Å²) in [6.45, 7) is 8.17. The first-order valence-electron chi connectivity index (χ1n) is 12.0. The second-order valence-electron chi connectivity index (χ2n) is 9.61. The Labute approximate surface area is 213 Å². The maximum atomic E-state index is 13.1. The average molecular weight is 507 g/mol. The number of likely N-dealkylation sites (tertiary alicyclic amines) is 1. The fourth-order valence-electron chi connectivity index (χ4n) is 4.51. The van der Waals surface area contributed by atoms with Gasteiger partial charge in [-0.3, -0.25) is 19.3 Å². The topological polar surface area (TPSA) is 109 Å². The fraction of sp³-hybridized carbons (Fsp3) is 0.400. The molecule has 2 N–H and O–H groups in total. The molecule has 0 unspecified atom stereocenters. The van der Waals surface area contributed by atoms with Crippen LogP contribution in [0.5, 0.6) is 0 Å². The molecule has 36 heavy (non-hydrogen) atoms. The smallest absolute Gasteiger partial charge is 0.260 e. The molecule has 0 saturated carbocycles. The van der Waals surface area contributed by atoms with Crippen molar-refractivity contribution in [3.63, 3.8) is 0 Å². The number of carbonyl (C=O) groups is 2. The van der Waals surface area contributed by atoms with Crippen molar-refractivity contribution in [2.45, 2.75) is 39.7 Å². The Morgan fingerprint density at radius 1 is 1.17 bits per heavy atom. The normalized spacial score (nSPS) is 16.2. The number of fused-ring (bicyclic) bond motifs is 1. The molecule has 188 valence electrons. The van der Waals surface area contributed by atoms with E-state index in [-0.39, 0.29) is 11.8 Å². The number of hydrogen-bond acceptors (Lipinski definition) is 7. The van der Waals surface area contributed by atoms with Crippen molar-refractivity contribution in [1.29, 1.82) is 0 Å². The zero-order valence-electron chi connectivity index (χ0n) is 20.9. The van der Waals surface area contributed by atoms with E-state index in [9.17, 15) is 9.59 Å². The SMILES string of the molecule is Cc1ncc(NC(=O)C[C@@H]2CCN(C(C)C)C2)cc1NC(=O)c1cnn2cc(-c3cnn(C)c3)sc12. The van der Waals surface area contributed by atoms with E-state index in [0.29, 0.717) is 41.0 Å². The maximum Gasteiger partial charge on any atom is 0.260 e. The van der Waals surface area contributed by atoms with E-state index in [1.54, 1.807) is 33.9 Å². The highest BCUT2D eigenvalue weighted by atomic mass is 32.1. The van der Waals surface area contributed by atoms with Gasteiger partial charge in [-0.25, -0.2) is 4.52 Å². The van der Waals surface area contributed by atoms with Crippen LogP contribution < -0.4 is 10.6 Å². The van der Waals surface area contributed by atoms with Gasteiger partial charge in [-0.2, -0.15) is 10.2 Å². The molecule has 2 amide bonds. The summed E-state index contributed by atoms with van der Waals surface area (Å²) in [4.78, 5) is 34.3. The van der Waals surface area contributed by atoms with E-state index in [1.165, 1.54) is 11.3 Å². The van der Waals surface area contributed by atoms with Gasteiger partial charge in [-0.15, -0.1) is 11.3 Å². The first-order chi connectivity index (χ1) is 17.3. The van der Waals surface area contributed by atoms with Crippen molar-refractivity contribution >= 4 is 39.4 Å². The number of carbonyl (C=O) groups excluding carboxylic acids is 2. The first kappa shape index (κ1) is 24.1. The Hall–Kier alpha value is -3.57. The van der Waals surface area contributed by atoms with E-state index in [1.807, 2.05) is 26.4 Å². The van der Waals surface area contributed by atoms with Crippen LogP contribution in [0, 0.1) is 12.8 Å². The molecule has 0 aliphatic carbocycles. The molecular formula is C25H30N8O2S. The number of hydrogen-bond donors (Lipinski definition) is 2. The number of aromatic nitrogens is 5. The molecule has 1 aliphatic heterocycles. The highest BCUT2D eigenvalue weighted by molar-refractivity contribution is 7.21. The molecule has 0 spiro atoms. The van der Waals surface area contributed by atoms with Crippen molar-refractivity contribution in [2.75, 3.05) is 23.7 Å². The van der Waals surface area contributed by atoms with Gasteiger partial charge in [0.1, 0.15) is 4.83 Å². The molecular weight excluding hydrogens is 476 g/mol. The van der Waals surface area contributed by atoms with Crippen molar-refractivity contribution < 1.29 is 9.59 Å². The lowest BCUT2D eigenvalue weighted by Crippen LogP contribution is -2.28. The number of nitrogens with one attached hydrogen (secondary N) is 2. The molecule has 5 heterocycles. The minimum absolute atomic E-state index is 0.0339.